The first-order chi connectivity index (χ1) is 4.63. The van der Waals surface area contributed by atoms with Crippen LogP contribution in [0.5, 0.6) is 0 Å². The second-order valence-electron chi connectivity index (χ2n) is 1.92. The van der Waals surface area contributed by atoms with E-state index >= 15 is 0 Å². The van der Waals surface area contributed by atoms with Crippen LogP contribution in [0.2, 0.25) is 0 Å². The standard InChI is InChI=1S/C7H10N2O/c1-5(9-3)7(4-8)6(2)10/h9H,1-3H3/b7-5+. The van der Waals surface area contributed by atoms with E-state index in [0.29, 0.717) is 5.70 Å². The molecule has 3 heteroatoms. The summed E-state index contributed by atoms with van der Waals surface area (Å²) in [5.74, 6) is -0.200. The fraction of sp³-hybridized carbons (Fsp3) is 0.429. The van der Waals surface area contributed by atoms with Crippen LogP contribution in [-0.2, 0) is 4.79 Å². The highest BCUT2D eigenvalue weighted by molar-refractivity contribution is 5.97. The number of Topliss-reactive ketones (excluding diaryl/α,β-unsaturated/α-hetero) is 1. The van der Waals surface area contributed by atoms with E-state index in [1.54, 1.807) is 14.0 Å². The van der Waals surface area contributed by atoms with Crippen molar-refractivity contribution in [3.63, 3.8) is 0 Å². The highest BCUT2D eigenvalue weighted by Crippen LogP contribution is 1.99. The second kappa shape index (κ2) is 3.67. The van der Waals surface area contributed by atoms with Crippen LogP contribution >= 0.6 is 0 Å². The van der Waals surface area contributed by atoms with Crippen LogP contribution < -0.4 is 5.32 Å². The summed E-state index contributed by atoms with van der Waals surface area (Å²) in [5.41, 5.74) is 0.817. The van der Waals surface area contributed by atoms with Crippen molar-refractivity contribution >= 4 is 5.78 Å². The van der Waals surface area contributed by atoms with Crippen LogP contribution in [0.25, 0.3) is 0 Å². The second-order valence-corrected chi connectivity index (χ2v) is 1.92. The number of carbonyl (C=O) groups excluding carboxylic acids is 1. The minimum Gasteiger partial charge on any atom is -0.390 e. The molecule has 0 atom stereocenters. The van der Waals surface area contributed by atoms with Crippen LogP contribution in [-0.4, -0.2) is 12.8 Å². The van der Waals surface area contributed by atoms with E-state index in [9.17, 15) is 4.79 Å². The van der Waals surface area contributed by atoms with Crippen molar-refractivity contribution in [1.29, 1.82) is 5.26 Å². The minimum atomic E-state index is -0.200. The van der Waals surface area contributed by atoms with Crippen molar-refractivity contribution in [3.8, 4) is 6.07 Å². The van der Waals surface area contributed by atoms with Crippen molar-refractivity contribution in [3.05, 3.63) is 11.3 Å². The Kier molecular flexibility index (Phi) is 3.20. The van der Waals surface area contributed by atoms with E-state index in [2.05, 4.69) is 5.32 Å². The first kappa shape index (κ1) is 8.70. The Morgan fingerprint density at radius 2 is 2.00 bits per heavy atom. The lowest BCUT2D eigenvalue weighted by molar-refractivity contribution is -0.113. The molecule has 0 aliphatic rings. The summed E-state index contributed by atoms with van der Waals surface area (Å²) in [6.07, 6.45) is 0. The maximum atomic E-state index is 10.7. The maximum absolute atomic E-state index is 10.7. The molecule has 0 aromatic carbocycles. The van der Waals surface area contributed by atoms with Gasteiger partial charge in [0.2, 0.25) is 0 Å². The molecule has 0 saturated carbocycles. The zero-order chi connectivity index (χ0) is 8.15. The molecule has 0 bridgehead atoms. The molecular weight excluding hydrogens is 128 g/mol. The van der Waals surface area contributed by atoms with E-state index in [-0.39, 0.29) is 11.4 Å². The van der Waals surface area contributed by atoms with Crippen molar-refractivity contribution in [1.82, 2.24) is 5.32 Å². The molecule has 54 valence electrons. The number of allylic oxidation sites excluding steroid dienone is 2. The lowest BCUT2D eigenvalue weighted by Gasteiger charge is -1.99. The third-order valence-electron chi connectivity index (χ3n) is 1.21. The maximum Gasteiger partial charge on any atom is 0.172 e. The summed E-state index contributed by atoms with van der Waals surface area (Å²) in [6, 6.07) is 1.82. The van der Waals surface area contributed by atoms with Gasteiger partial charge in [-0.15, -0.1) is 0 Å². The lowest BCUT2D eigenvalue weighted by Crippen LogP contribution is -2.09. The summed E-state index contributed by atoms with van der Waals surface area (Å²) < 4.78 is 0. The van der Waals surface area contributed by atoms with Crippen molar-refractivity contribution < 1.29 is 4.79 Å². The first-order valence-electron chi connectivity index (χ1n) is 2.93. The molecule has 3 nitrogen and oxygen atoms in total. The molecule has 0 unspecified atom stereocenters. The first-order valence-corrected chi connectivity index (χ1v) is 2.93. The Morgan fingerprint density at radius 1 is 1.50 bits per heavy atom. The van der Waals surface area contributed by atoms with E-state index < -0.39 is 0 Å². The van der Waals surface area contributed by atoms with Gasteiger partial charge in [0.25, 0.3) is 0 Å². The average Bonchev–Trinajstić information content (AvgIpc) is 1.88. The van der Waals surface area contributed by atoms with E-state index in [4.69, 9.17) is 5.26 Å². The highest BCUT2D eigenvalue weighted by atomic mass is 16.1. The summed E-state index contributed by atoms with van der Waals surface area (Å²) >= 11 is 0. The van der Waals surface area contributed by atoms with Crippen LogP contribution in [0.3, 0.4) is 0 Å². The van der Waals surface area contributed by atoms with Crippen molar-refractivity contribution in [2.75, 3.05) is 7.05 Å². The molecule has 0 aliphatic carbocycles. The molecule has 0 amide bonds. The Balaban J connectivity index is 4.68. The predicted molar refractivity (Wildman–Crippen MR) is 38.1 cm³/mol. The van der Waals surface area contributed by atoms with Gasteiger partial charge in [-0.1, -0.05) is 0 Å². The summed E-state index contributed by atoms with van der Waals surface area (Å²) in [6.45, 7) is 3.07. The van der Waals surface area contributed by atoms with E-state index in [1.165, 1.54) is 6.92 Å². The van der Waals surface area contributed by atoms with Crippen LogP contribution in [0.4, 0.5) is 0 Å². The molecule has 10 heavy (non-hydrogen) atoms. The Hall–Kier alpha value is -1.30. The summed E-state index contributed by atoms with van der Waals surface area (Å²) in [4.78, 5) is 10.7. The zero-order valence-electron chi connectivity index (χ0n) is 6.36. The smallest absolute Gasteiger partial charge is 0.172 e. The number of nitrogens with one attached hydrogen (secondary N) is 1. The van der Waals surface area contributed by atoms with Crippen LogP contribution in [0.1, 0.15) is 13.8 Å². The monoisotopic (exact) mass is 138 g/mol. The quantitative estimate of drug-likeness (QED) is 0.449. The molecule has 0 spiro atoms. The van der Waals surface area contributed by atoms with Gasteiger partial charge >= 0.3 is 0 Å². The SMILES string of the molecule is CN/C(C)=C(\C#N)C(C)=O. The Bertz CT molecular complexity index is 210. The van der Waals surface area contributed by atoms with Crippen LogP contribution in [0, 0.1) is 11.3 Å². The molecule has 0 radical (unpaired) electrons. The normalized spacial score (nSPS) is 11.4. The minimum absolute atomic E-state index is 0.197. The third kappa shape index (κ3) is 1.90. The van der Waals surface area contributed by atoms with Gasteiger partial charge in [0.15, 0.2) is 5.78 Å². The molecule has 0 aromatic heterocycles. The largest absolute Gasteiger partial charge is 0.390 e. The fourth-order valence-corrected chi connectivity index (χ4v) is 0.552. The summed E-state index contributed by atoms with van der Waals surface area (Å²) in [5, 5.41) is 11.2. The van der Waals surface area contributed by atoms with Crippen molar-refractivity contribution in [2.24, 2.45) is 0 Å². The van der Waals surface area contributed by atoms with Gasteiger partial charge in [0, 0.05) is 12.7 Å². The number of hydrogen-bond acceptors (Lipinski definition) is 3. The highest BCUT2D eigenvalue weighted by Gasteiger charge is 2.04. The van der Waals surface area contributed by atoms with Gasteiger partial charge in [0.1, 0.15) is 11.6 Å². The topological polar surface area (TPSA) is 52.9 Å². The van der Waals surface area contributed by atoms with Gasteiger partial charge in [-0.2, -0.15) is 5.26 Å². The predicted octanol–water partition coefficient (Wildman–Crippen LogP) is 0.592. The van der Waals surface area contributed by atoms with Gasteiger partial charge in [-0.05, 0) is 13.8 Å². The summed E-state index contributed by atoms with van der Waals surface area (Å²) in [7, 11) is 1.68. The third-order valence-corrected chi connectivity index (χ3v) is 1.21. The molecule has 0 saturated heterocycles. The van der Waals surface area contributed by atoms with Gasteiger partial charge in [-0.3, -0.25) is 4.79 Å². The van der Waals surface area contributed by atoms with Gasteiger partial charge in [0.05, 0.1) is 0 Å². The Morgan fingerprint density at radius 3 is 2.10 bits per heavy atom. The van der Waals surface area contributed by atoms with Crippen molar-refractivity contribution in [2.45, 2.75) is 13.8 Å². The zero-order valence-corrected chi connectivity index (χ0v) is 6.36. The van der Waals surface area contributed by atoms with E-state index in [0.717, 1.165) is 0 Å². The number of ketones is 1. The number of rotatable bonds is 2. The number of nitriles is 1. The Labute approximate surface area is 60.3 Å². The lowest BCUT2D eigenvalue weighted by atomic mass is 10.2. The number of carbonyl (C=O) groups is 1. The van der Waals surface area contributed by atoms with Crippen LogP contribution in [0.15, 0.2) is 11.3 Å². The number of nitrogens with zero attached hydrogens (tertiary/aromatic N) is 1. The fourth-order valence-electron chi connectivity index (χ4n) is 0.552. The molecule has 0 fully saturated rings. The van der Waals surface area contributed by atoms with E-state index in [1.807, 2.05) is 6.07 Å². The van der Waals surface area contributed by atoms with Gasteiger partial charge < -0.3 is 5.32 Å². The molecule has 1 N–H and O–H groups in total. The molecular formula is C7H10N2O. The molecule has 0 aliphatic heterocycles. The molecule has 0 aromatic rings. The average molecular weight is 138 g/mol. The number of hydrogen-bond donors (Lipinski definition) is 1. The van der Waals surface area contributed by atoms with Gasteiger partial charge in [-0.25, -0.2) is 0 Å². The molecule has 0 heterocycles. The molecule has 0 rings (SSSR count).